The van der Waals surface area contributed by atoms with Gasteiger partial charge < -0.3 is 0 Å². The first-order valence-electron chi connectivity index (χ1n) is 7.30. The Kier molecular flexibility index (Phi) is 3.97. The number of thiophene rings is 1. The Morgan fingerprint density at radius 3 is 2.84 bits per heavy atom. The van der Waals surface area contributed by atoms with Crippen LogP contribution in [-0.2, 0) is 11.2 Å². The van der Waals surface area contributed by atoms with Gasteiger partial charge in [0.2, 0.25) is 0 Å². The highest BCUT2D eigenvalue weighted by Crippen LogP contribution is 2.30. The van der Waals surface area contributed by atoms with E-state index in [-0.39, 0.29) is 0 Å². The van der Waals surface area contributed by atoms with Crippen molar-refractivity contribution in [2.45, 2.75) is 44.9 Å². The second kappa shape index (κ2) is 5.87. The van der Waals surface area contributed by atoms with Gasteiger partial charge in [-0.25, -0.2) is 0 Å². The van der Waals surface area contributed by atoms with Crippen molar-refractivity contribution in [2.24, 2.45) is 5.92 Å². The first-order valence-corrected chi connectivity index (χ1v) is 8.18. The lowest BCUT2D eigenvalue weighted by molar-refractivity contribution is -0.118. The fourth-order valence-electron chi connectivity index (χ4n) is 3.13. The SMILES string of the molecule is O=C(CCC1CCCC1)Cc1csc2ccccc12. The molecule has 0 bridgehead atoms. The molecule has 0 unspecified atom stereocenters. The summed E-state index contributed by atoms with van der Waals surface area (Å²) < 4.78 is 1.29. The third kappa shape index (κ3) is 3.06. The Balaban J connectivity index is 1.59. The minimum atomic E-state index is 0.412. The van der Waals surface area contributed by atoms with Crippen molar-refractivity contribution in [3.63, 3.8) is 0 Å². The van der Waals surface area contributed by atoms with Crippen molar-refractivity contribution >= 4 is 27.2 Å². The van der Waals surface area contributed by atoms with E-state index in [1.807, 2.05) is 0 Å². The van der Waals surface area contributed by atoms with E-state index in [1.54, 1.807) is 11.3 Å². The van der Waals surface area contributed by atoms with Gasteiger partial charge in [-0.1, -0.05) is 43.9 Å². The fourth-order valence-corrected chi connectivity index (χ4v) is 4.10. The van der Waals surface area contributed by atoms with Crippen molar-refractivity contribution in [3.05, 3.63) is 35.2 Å². The number of carbonyl (C=O) groups excluding carboxylic acids is 1. The first kappa shape index (κ1) is 12.9. The summed E-state index contributed by atoms with van der Waals surface area (Å²) >= 11 is 1.75. The Morgan fingerprint density at radius 1 is 1.21 bits per heavy atom. The molecule has 0 saturated heterocycles. The van der Waals surface area contributed by atoms with Gasteiger partial charge in [-0.15, -0.1) is 11.3 Å². The van der Waals surface area contributed by atoms with Crippen molar-refractivity contribution in [1.82, 2.24) is 0 Å². The maximum atomic E-state index is 12.1. The van der Waals surface area contributed by atoms with Crippen molar-refractivity contribution in [2.75, 3.05) is 0 Å². The van der Waals surface area contributed by atoms with E-state index < -0.39 is 0 Å². The van der Waals surface area contributed by atoms with Crippen LogP contribution in [0.3, 0.4) is 0 Å². The smallest absolute Gasteiger partial charge is 0.137 e. The molecular formula is C17H20OS. The lowest BCUT2D eigenvalue weighted by atomic mass is 9.97. The Bertz CT molecular complexity index is 563. The van der Waals surface area contributed by atoms with Crippen LogP contribution in [0, 0.1) is 5.92 Å². The average molecular weight is 272 g/mol. The van der Waals surface area contributed by atoms with Crippen LogP contribution in [0.5, 0.6) is 0 Å². The maximum absolute atomic E-state index is 12.1. The largest absolute Gasteiger partial charge is 0.299 e. The van der Waals surface area contributed by atoms with Gasteiger partial charge in [-0.05, 0) is 34.7 Å². The van der Waals surface area contributed by atoms with E-state index >= 15 is 0 Å². The normalized spacial score (nSPS) is 16.2. The quantitative estimate of drug-likeness (QED) is 0.750. The number of hydrogen-bond acceptors (Lipinski definition) is 2. The molecule has 0 N–H and O–H groups in total. The van der Waals surface area contributed by atoms with E-state index in [9.17, 15) is 4.79 Å². The summed E-state index contributed by atoms with van der Waals surface area (Å²) in [7, 11) is 0. The number of benzene rings is 1. The molecular weight excluding hydrogens is 252 g/mol. The molecule has 1 aliphatic carbocycles. The molecule has 0 aliphatic heterocycles. The van der Waals surface area contributed by atoms with Gasteiger partial charge >= 0.3 is 0 Å². The van der Waals surface area contributed by atoms with Crippen LogP contribution in [0.1, 0.15) is 44.1 Å². The summed E-state index contributed by atoms with van der Waals surface area (Å²) in [6.07, 6.45) is 7.93. The van der Waals surface area contributed by atoms with E-state index in [0.29, 0.717) is 12.2 Å². The van der Waals surface area contributed by atoms with Gasteiger partial charge in [0.25, 0.3) is 0 Å². The van der Waals surface area contributed by atoms with Crippen LogP contribution >= 0.6 is 11.3 Å². The summed E-state index contributed by atoms with van der Waals surface area (Å²) in [6, 6.07) is 8.38. The Hall–Kier alpha value is -1.15. The Labute approximate surface area is 118 Å². The standard InChI is InChI=1S/C17H20OS/c18-15(10-9-13-5-1-2-6-13)11-14-12-19-17-8-4-3-7-16(14)17/h3-4,7-8,12-13H,1-2,5-6,9-11H2. The van der Waals surface area contributed by atoms with Crippen LogP contribution in [-0.4, -0.2) is 5.78 Å². The molecule has 1 aromatic heterocycles. The first-order chi connectivity index (χ1) is 9.33. The number of fused-ring (bicyclic) bond motifs is 1. The van der Waals surface area contributed by atoms with E-state index in [0.717, 1.165) is 18.8 Å². The highest BCUT2D eigenvalue weighted by Gasteiger charge is 2.16. The van der Waals surface area contributed by atoms with Crippen LogP contribution in [0.15, 0.2) is 29.6 Å². The number of carbonyl (C=O) groups is 1. The fraction of sp³-hybridized carbons (Fsp3) is 0.471. The summed E-state index contributed by atoms with van der Waals surface area (Å²) in [4.78, 5) is 12.1. The van der Waals surface area contributed by atoms with E-state index in [1.165, 1.54) is 41.3 Å². The monoisotopic (exact) mass is 272 g/mol. The van der Waals surface area contributed by atoms with Gasteiger partial charge in [0.1, 0.15) is 5.78 Å². The zero-order valence-corrected chi connectivity index (χ0v) is 12.0. The molecule has 1 aliphatic rings. The van der Waals surface area contributed by atoms with Gasteiger partial charge in [-0.3, -0.25) is 4.79 Å². The maximum Gasteiger partial charge on any atom is 0.137 e. The van der Waals surface area contributed by atoms with Crippen molar-refractivity contribution in [1.29, 1.82) is 0 Å². The molecule has 0 atom stereocenters. The van der Waals surface area contributed by atoms with Crippen LogP contribution in [0.4, 0.5) is 0 Å². The summed E-state index contributed by atoms with van der Waals surface area (Å²) in [5.74, 6) is 1.23. The summed E-state index contributed by atoms with van der Waals surface area (Å²) in [5, 5.41) is 3.42. The highest BCUT2D eigenvalue weighted by molar-refractivity contribution is 7.17. The van der Waals surface area contributed by atoms with Crippen LogP contribution in [0.2, 0.25) is 0 Å². The number of hydrogen-bond donors (Lipinski definition) is 0. The summed E-state index contributed by atoms with van der Waals surface area (Å²) in [5.41, 5.74) is 1.22. The summed E-state index contributed by atoms with van der Waals surface area (Å²) in [6.45, 7) is 0. The molecule has 3 rings (SSSR count). The minimum Gasteiger partial charge on any atom is -0.299 e. The topological polar surface area (TPSA) is 17.1 Å². The molecule has 2 heteroatoms. The van der Waals surface area contributed by atoms with Gasteiger partial charge in [-0.2, -0.15) is 0 Å². The third-order valence-electron chi connectivity index (χ3n) is 4.25. The number of ketones is 1. The predicted octanol–water partition coefficient (Wildman–Crippen LogP) is 4.98. The Morgan fingerprint density at radius 2 is 2.00 bits per heavy atom. The van der Waals surface area contributed by atoms with E-state index in [2.05, 4.69) is 29.6 Å². The average Bonchev–Trinajstić information content (AvgIpc) is 3.07. The van der Waals surface area contributed by atoms with Crippen molar-refractivity contribution < 1.29 is 4.79 Å². The third-order valence-corrected chi connectivity index (χ3v) is 5.27. The molecule has 19 heavy (non-hydrogen) atoms. The molecule has 1 fully saturated rings. The van der Waals surface area contributed by atoms with E-state index in [4.69, 9.17) is 0 Å². The molecule has 1 heterocycles. The second-order valence-electron chi connectivity index (χ2n) is 5.66. The lowest BCUT2D eigenvalue weighted by Crippen LogP contribution is -2.05. The minimum absolute atomic E-state index is 0.412. The van der Waals surface area contributed by atoms with Gasteiger partial charge in [0.15, 0.2) is 0 Å². The lowest BCUT2D eigenvalue weighted by Gasteiger charge is -2.07. The van der Waals surface area contributed by atoms with Gasteiger partial charge in [0, 0.05) is 17.5 Å². The highest BCUT2D eigenvalue weighted by atomic mass is 32.1. The molecule has 100 valence electrons. The second-order valence-corrected chi connectivity index (χ2v) is 6.57. The predicted molar refractivity (Wildman–Crippen MR) is 81.7 cm³/mol. The molecule has 2 aromatic rings. The van der Waals surface area contributed by atoms with Crippen molar-refractivity contribution in [3.8, 4) is 0 Å². The van der Waals surface area contributed by atoms with Gasteiger partial charge in [0.05, 0.1) is 0 Å². The molecule has 1 saturated carbocycles. The molecule has 1 nitrogen and oxygen atoms in total. The number of rotatable bonds is 5. The molecule has 0 spiro atoms. The molecule has 1 aromatic carbocycles. The molecule has 0 amide bonds. The van der Waals surface area contributed by atoms with Crippen LogP contribution in [0.25, 0.3) is 10.1 Å². The molecule has 0 radical (unpaired) electrons. The zero-order valence-electron chi connectivity index (χ0n) is 11.2. The zero-order chi connectivity index (χ0) is 13.1. The number of Topliss-reactive ketones (excluding diaryl/α,β-unsaturated/α-hetero) is 1. The van der Waals surface area contributed by atoms with Crippen LogP contribution < -0.4 is 0 Å².